The second-order valence-corrected chi connectivity index (χ2v) is 9.50. The van der Waals surface area contributed by atoms with Crippen molar-refractivity contribution in [2.75, 3.05) is 6.61 Å². The minimum absolute atomic E-state index is 0.0404. The van der Waals surface area contributed by atoms with E-state index in [0.29, 0.717) is 30.0 Å². The second kappa shape index (κ2) is 6.44. The third-order valence-electron chi connectivity index (χ3n) is 8.74. The van der Waals surface area contributed by atoms with E-state index >= 15 is 0 Å². The highest BCUT2D eigenvalue weighted by molar-refractivity contribution is 5.91. The second-order valence-electron chi connectivity index (χ2n) is 9.50. The molecule has 3 fully saturated rings. The highest BCUT2D eigenvalue weighted by Gasteiger charge is 2.60. The highest BCUT2D eigenvalue weighted by Crippen LogP contribution is 2.67. The van der Waals surface area contributed by atoms with E-state index in [1.807, 2.05) is 6.08 Å². The van der Waals surface area contributed by atoms with Gasteiger partial charge in [0.2, 0.25) is 0 Å². The molecule has 4 aliphatic carbocycles. The predicted octanol–water partition coefficient (Wildman–Crippen LogP) is 4.25. The summed E-state index contributed by atoms with van der Waals surface area (Å²) < 4.78 is 0. The molecule has 0 aromatic heterocycles. The van der Waals surface area contributed by atoms with Crippen LogP contribution in [0.1, 0.15) is 64.7 Å². The van der Waals surface area contributed by atoms with Gasteiger partial charge in [-0.2, -0.15) is 0 Å². The topological polar surface area (TPSA) is 54.4 Å². The van der Waals surface area contributed by atoms with E-state index in [4.69, 9.17) is 0 Å². The Kier molecular flexibility index (Phi) is 4.50. The summed E-state index contributed by atoms with van der Waals surface area (Å²) in [5.74, 6) is 2.24. The molecule has 3 heteroatoms. The van der Waals surface area contributed by atoms with Crippen LogP contribution in [0.25, 0.3) is 0 Å². The number of hydrogen-bond acceptors (Lipinski definition) is 3. The summed E-state index contributed by atoms with van der Waals surface area (Å²) >= 11 is 0. The van der Waals surface area contributed by atoms with Crippen molar-refractivity contribution in [2.24, 2.45) is 34.5 Å². The zero-order valence-corrected chi connectivity index (χ0v) is 16.0. The number of fused-ring (bicyclic) bond motifs is 5. The number of aliphatic hydroxyl groups is 1. The van der Waals surface area contributed by atoms with Crippen LogP contribution < -0.4 is 0 Å². The maximum atomic E-state index is 12.4. The van der Waals surface area contributed by atoms with Crippen molar-refractivity contribution in [2.45, 2.75) is 64.7 Å². The molecule has 6 atom stereocenters. The Morgan fingerprint density at radius 1 is 1.23 bits per heavy atom. The zero-order chi connectivity index (χ0) is 18.5. The van der Waals surface area contributed by atoms with Gasteiger partial charge in [-0.25, -0.2) is 0 Å². The Morgan fingerprint density at radius 3 is 2.77 bits per heavy atom. The van der Waals surface area contributed by atoms with Crippen LogP contribution in [-0.4, -0.2) is 23.3 Å². The number of aliphatic hydroxyl groups excluding tert-OH is 1. The highest BCUT2D eigenvalue weighted by atomic mass is 16.3. The van der Waals surface area contributed by atoms with E-state index in [1.165, 1.54) is 5.57 Å². The molecule has 0 aromatic rings. The maximum Gasteiger partial charge on any atom is 0.161 e. The maximum absolute atomic E-state index is 12.4. The Balaban J connectivity index is 1.68. The van der Waals surface area contributed by atoms with Gasteiger partial charge in [-0.05, 0) is 86.0 Å². The van der Waals surface area contributed by atoms with Gasteiger partial charge in [0, 0.05) is 12.3 Å². The summed E-state index contributed by atoms with van der Waals surface area (Å²) in [6, 6.07) is 0. The summed E-state index contributed by atoms with van der Waals surface area (Å²) in [7, 11) is 0. The fourth-order valence-corrected chi connectivity index (χ4v) is 7.64. The fraction of sp³-hybridized carbons (Fsp3) is 0.739. The Morgan fingerprint density at radius 2 is 2.04 bits per heavy atom. The minimum atomic E-state index is -0.309. The zero-order valence-electron chi connectivity index (χ0n) is 16.0. The van der Waals surface area contributed by atoms with Gasteiger partial charge in [0.25, 0.3) is 0 Å². The molecule has 0 spiro atoms. The molecule has 26 heavy (non-hydrogen) atoms. The van der Waals surface area contributed by atoms with Crippen LogP contribution in [-0.2, 0) is 9.59 Å². The minimum Gasteiger partial charge on any atom is -0.389 e. The first-order valence-corrected chi connectivity index (χ1v) is 10.4. The monoisotopic (exact) mass is 356 g/mol. The first-order valence-electron chi connectivity index (χ1n) is 10.4. The number of carbonyl (C=O) groups is 2. The molecule has 0 radical (unpaired) electrons. The van der Waals surface area contributed by atoms with Crippen LogP contribution in [0.15, 0.2) is 24.3 Å². The SMILES string of the molecule is C=CCC12CCC(=O)C=C1CCC1C2CCC2(C)C(C(=O)CO)CCC12. The first kappa shape index (κ1) is 18.2. The van der Waals surface area contributed by atoms with Crippen LogP contribution in [0.4, 0.5) is 0 Å². The molecule has 1 N–H and O–H groups in total. The normalized spacial score (nSPS) is 44.5. The molecular weight excluding hydrogens is 324 g/mol. The molecule has 3 saturated carbocycles. The van der Waals surface area contributed by atoms with E-state index in [0.717, 1.165) is 51.4 Å². The third-order valence-corrected chi connectivity index (χ3v) is 8.74. The van der Waals surface area contributed by atoms with Crippen molar-refractivity contribution in [3.63, 3.8) is 0 Å². The number of hydrogen-bond donors (Lipinski definition) is 1. The molecule has 4 aliphatic rings. The van der Waals surface area contributed by atoms with Crippen molar-refractivity contribution < 1.29 is 14.7 Å². The molecule has 142 valence electrons. The van der Waals surface area contributed by atoms with Crippen LogP contribution in [0.3, 0.4) is 0 Å². The Bertz CT molecular complexity index is 662. The molecule has 4 rings (SSSR count). The van der Waals surface area contributed by atoms with E-state index in [1.54, 1.807) is 0 Å². The molecule has 6 unspecified atom stereocenters. The van der Waals surface area contributed by atoms with Gasteiger partial charge < -0.3 is 5.11 Å². The quantitative estimate of drug-likeness (QED) is 0.766. The van der Waals surface area contributed by atoms with Crippen LogP contribution in [0, 0.1) is 34.5 Å². The van der Waals surface area contributed by atoms with Crippen LogP contribution >= 0.6 is 0 Å². The number of carbonyl (C=O) groups excluding carboxylic acids is 2. The van der Waals surface area contributed by atoms with Gasteiger partial charge in [-0.15, -0.1) is 6.58 Å². The van der Waals surface area contributed by atoms with E-state index in [-0.39, 0.29) is 29.1 Å². The molecule has 0 aliphatic heterocycles. The van der Waals surface area contributed by atoms with Crippen molar-refractivity contribution in [3.8, 4) is 0 Å². The van der Waals surface area contributed by atoms with Gasteiger partial charge in [0.1, 0.15) is 6.61 Å². The number of Topliss-reactive ketones (excluding diaryl/α,β-unsaturated/α-hetero) is 1. The number of rotatable bonds is 4. The van der Waals surface area contributed by atoms with Crippen LogP contribution in [0.2, 0.25) is 0 Å². The van der Waals surface area contributed by atoms with Gasteiger partial charge in [0.15, 0.2) is 11.6 Å². The first-order chi connectivity index (χ1) is 12.5. The van der Waals surface area contributed by atoms with E-state index < -0.39 is 0 Å². The Labute approximate surface area is 156 Å². The molecule has 3 nitrogen and oxygen atoms in total. The number of ketones is 2. The number of allylic oxidation sites excluding steroid dienone is 2. The molecule has 0 saturated heterocycles. The lowest BCUT2D eigenvalue weighted by molar-refractivity contribution is -0.133. The molecule has 0 amide bonds. The summed E-state index contributed by atoms with van der Waals surface area (Å²) in [6.45, 7) is 6.04. The lowest BCUT2D eigenvalue weighted by Gasteiger charge is -2.59. The van der Waals surface area contributed by atoms with E-state index in [9.17, 15) is 14.7 Å². The average Bonchev–Trinajstić information content (AvgIpc) is 2.99. The summed E-state index contributed by atoms with van der Waals surface area (Å²) in [5.41, 5.74) is 1.58. The summed E-state index contributed by atoms with van der Waals surface area (Å²) in [5, 5.41) is 9.42. The average molecular weight is 357 g/mol. The predicted molar refractivity (Wildman–Crippen MR) is 101 cm³/mol. The van der Waals surface area contributed by atoms with Crippen molar-refractivity contribution >= 4 is 11.6 Å². The molecule has 0 bridgehead atoms. The van der Waals surface area contributed by atoms with Crippen molar-refractivity contribution in [3.05, 3.63) is 24.3 Å². The van der Waals surface area contributed by atoms with Crippen molar-refractivity contribution in [1.29, 1.82) is 0 Å². The van der Waals surface area contributed by atoms with Crippen LogP contribution in [0.5, 0.6) is 0 Å². The van der Waals surface area contributed by atoms with Gasteiger partial charge in [-0.1, -0.05) is 18.6 Å². The molecule has 0 aromatic carbocycles. The smallest absolute Gasteiger partial charge is 0.161 e. The van der Waals surface area contributed by atoms with Gasteiger partial charge in [-0.3, -0.25) is 9.59 Å². The summed E-state index contributed by atoms with van der Waals surface area (Å²) in [4.78, 5) is 24.4. The lowest BCUT2D eigenvalue weighted by Crippen LogP contribution is -2.52. The fourth-order valence-electron chi connectivity index (χ4n) is 7.64. The third kappa shape index (κ3) is 2.42. The van der Waals surface area contributed by atoms with Gasteiger partial charge >= 0.3 is 0 Å². The largest absolute Gasteiger partial charge is 0.389 e. The van der Waals surface area contributed by atoms with Gasteiger partial charge in [0.05, 0.1) is 0 Å². The lowest BCUT2D eigenvalue weighted by atomic mass is 9.45. The molecule has 0 heterocycles. The standard InChI is InChI=1S/C23H32O3/c1-3-10-23-12-8-16(25)13-15(23)4-5-17-18-6-7-20(21(26)14-24)22(18,2)11-9-19(17)23/h3,13,17-20,24H,1,4-12,14H2,2H3. The molecular formula is C23H32O3. The van der Waals surface area contributed by atoms with Crippen molar-refractivity contribution in [1.82, 2.24) is 0 Å². The summed E-state index contributed by atoms with van der Waals surface area (Å²) in [6.07, 6.45) is 13.1. The Hall–Kier alpha value is -1.22. The van der Waals surface area contributed by atoms with E-state index in [2.05, 4.69) is 19.6 Å².